The van der Waals surface area contributed by atoms with E-state index in [1.54, 1.807) is 0 Å². The molecule has 10 nitrogen and oxygen atoms in total. The van der Waals surface area contributed by atoms with Crippen molar-refractivity contribution < 1.29 is 49.5 Å². The van der Waals surface area contributed by atoms with E-state index in [4.69, 9.17) is 5.11 Å². The van der Waals surface area contributed by atoms with Crippen LogP contribution in [0.2, 0.25) is 0 Å². The van der Waals surface area contributed by atoms with Crippen LogP contribution in [0, 0.1) is 0 Å². The summed E-state index contributed by atoms with van der Waals surface area (Å²) in [5.74, 6) is -4.27. The largest absolute Gasteiger partial charge is 2.00 e. The van der Waals surface area contributed by atoms with Crippen LogP contribution in [0.5, 0.6) is 0 Å². The molecule has 0 aromatic carbocycles. The number of rotatable bonds is 80. The summed E-state index contributed by atoms with van der Waals surface area (Å²) in [5, 5.41) is 49.4. The third-order valence-corrected chi connectivity index (χ3v) is 19.9. The van der Waals surface area contributed by atoms with Crippen molar-refractivity contribution in [3.8, 4) is 0 Å². The molecule has 0 aliphatic rings. The molecule has 0 unspecified atom stereocenters. The van der Waals surface area contributed by atoms with Gasteiger partial charge in [0.05, 0.1) is 0 Å². The fraction of sp³-hybridized carbons (Fsp3) is 0.944. The van der Waals surface area contributed by atoms with E-state index < -0.39 is 29.8 Å². The fourth-order valence-electron chi connectivity index (χ4n) is 13.2. The normalized spacial score (nSPS) is 10.6. The van der Waals surface area contributed by atoms with Gasteiger partial charge in [-0.3, -0.25) is 4.79 Å². The molecule has 0 radical (unpaired) electrons. The summed E-state index contributed by atoms with van der Waals surface area (Å²) in [5.41, 5.74) is 0. The molecule has 1 N–H and O–H groups in total. The molecule has 0 saturated carbocycles. The molecule has 0 aromatic rings. The van der Waals surface area contributed by atoms with Crippen molar-refractivity contribution in [2.24, 2.45) is 0 Å². The summed E-state index contributed by atoms with van der Waals surface area (Å²) in [4.78, 5) is 51.2. The summed E-state index contributed by atoms with van der Waals surface area (Å²) < 4.78 is 0. The van der Waals surface area contributed by atoms with E-state index in [2.05, 4.69) is 34.6 Å². The van der Waals surface area contributed by atoms with Crippen molar-refractivity contribution in [1.82, 2.24) is 0 Å². The number of carbonyl (C=O) groups excluding carboxylic acids is 4. The maximum Gasteiger partial charge on any atom is 2.00 e. The molecule has 0 heterocycles. The van der Waals surface area contributed by atoms with Crippen molar-refractivity contribution in [2.45, 2.75) is 548 Å². The third kappa shape index (κ3) is 136. The number of hydrogen-bond acceptors (Lipinski definition) is 9. The van der Waals surface area contributed by atoms with E-state index in [9.17, 15) is 44.4 Å². The monoisotopic (exact) mass is 1500 g/mol. The van der Waals surface area contributed by atoms with Gasteiger partial charge in [0.2, 0.25) is 0 Å². The second-order valence-corrected chi connectivity index (χ2v) is 30.4. The molecule has 600 valence electrons. The van der Waals surface area contributed by atoms with Crippen molar-refractivity contribution in [2.75, 3.05) is 0 Å². The van der Waals surface area contributed by atoms with E-state index >= 15 is 0 Å². The molecule has 0 spiro atoms. The van der Waals surface area contributed by atoms with Gasteiger partial charge in [-0.25, -0.2) is 0 Å². The van der Waals surface area contributed by atoms with Crippen LogP contribution < -0.4 is 20.4 Å². The van der Waals surface area contributed by atoms with Crippen molar-refractivity contribution in [1.29, 1.82) is 0 Å². The van der Waals surface area contributed by atoms with E-state index in [0.29, 0.717) is 6.42 Å². The Hall–Kier alpha value is -0.131. The first-order valence-electron chi connectivity index (χ1n) is 44.9. The van der Waals surface area contributed by atoms with Gasteiger partial charge in [-0.2, -0.15) is 0 Å². The first-order valence-corrected chi connectivity index (χ1v) is 44.9. The van der Waals surface area contributed by atoms with Crippen LogP contribution in [0.4, 0.5) is 0 Å². The van der Waals surface area contributed by atoms with Crippen LogP contribution in [0.15, 0.2) is 0 Å². The van der Waals surface area contributed by atoms with Gasteiger partial charge in [-0.1, -0.05) is 484 Å². The maximum atomic E-state index is 10.3. The number of aliphatic carboxylic acids is 5. The molecule has 12 heteroatoms. The van der Waals surface area contributed by atoms with E-state index in [1.807, 2.05) is 0 Å². The fourth-order valence-corrected chi connectivity index (χ4v) is 13.2. The Morgan fingerprint density at radius 3 is 0.314 bits per heavy atom. The summed E-state index contributed by atoms with van der Waals surface area (Å²) >= 11 is 0. The molecule has 0 aliphatic heterocycles. The van der Waals surface area contributed by atoms with Crippen LogP contribution in [0.1, 0.15) is 548 Å². The Kier molecular flexibility index (Phi) is 126. The van der Waals surface area contributed by atoms with Gasteiger partial charge in [0.25, 0.3) is 0 Å². The molecule has 0 bridgehead atoms. The summed E-state index contributed by atoms with van der Waals surface area (Å²) in [6.45, 7) is 11.3. The van der Waals surface area contributed by atoms with Gasteiger partial charge in [0.1, 0.15) is 0 Å². The average molecular weight is 1500 g/mol. The van der Waals surface area contributed by atoms with Gasteiger partial charge in [0, 0.05) is 30.3 Å². The van der Waals surface area contributed by atoms with Crippen LogP contribution >= 0.6 is 0 Å². The van der Waals surface area contributed by atoms with E-state index in [-0.39, 0.29) is 101 Å². The quantitative estimate of drug-likeness (QED) is 0.0452. The second-order valence-electron chi connectivity index (χ2n) is 30.4. The number of carboxylic acids is 5. The SMILES string of the molecule is CCCCCCCCCCCCCCCCCC(=O)O.CCCCCCCCCCCCCCCCCC(=O)[O-].CCCCCCCCCCCCCCCCCC(=O)[O-].CCCCCCCCCCCCCCCCCC(=O)[O-].CCCCCCCCCCCCCCCCCC(=O)[O-].[Ca+2].[Ca+2]. The number of carbonyl (C=O) groups is 5. The zero-order valence-corrected chi connectivity index (χ0v) is 74.0. The molecule has 0 aliphatic carbocycles. The molecule has 0 atom stereocenters. The molecule has 0 rings (SSSR count). The zero-order valence-electron chi connectivity index (χ0n) is 69.6. The van der Waals surface area contributed by atoms with Crippen LogP contribution in [0.3, 0.4) is 0 Å². The Morgan fingerprint density at radius 2 is 0.235 bits per heavy atom. The first-order chi connectivity index (χ1) is 48.9. The Bertz CT molecular complexity index is 1280. The van der Waals surface area contributed by atoms with Crippen molar-refractivity contribution in [3.05, 3.63) is 0 Å². The smallest absolute Gasteiger partial charge is 0.550 e. The Balaban J connectivity index is -0.000000220. The average Bonchev–Trinajstić information content (AvgIpc) is 3.77. The third-order valence-electron chi connectivity index (χ3n) is 19.9. The van der Waals surface area contributed by atoms with Gasteiger partial charge in [-0.15, -0.1) is 0 Å². The minimum atomic E-state index is -0.903. The predicted molar refractivity (Wildman–Crippen MR) is 437 cm³/mol. The standard InChI is InChI=1S/5C18H36O2.2Ca/c5*1-2-3-4-5-6-7-8-9-10-11-12-13-14-15-16-17-18(19)20;;/h5*2-17H2,1H3,(H,19,20);;/q;;;;;2*+2/p-4. The molecule has 0 fully saturated rings. The Morgan fingerprint density at radius 1 is 0.157 bits per heavy atom. The van der Waals surface area contributed by atoms with E-state index in [1.165, 1.54) is 417 Å². The molecule has 0 aromatic heterocycles. The molecular weight excluding hydrogens is 1320 g/mol. The molecule has 0 amide bonds. The summed E-state index contributed by atoms with van der Waals surface area (Å²) in [7, 11) is 0. The molecule has 0 saturated heterocycles. The first kappa shape index (κ1) is 115. The minimum absolute atomic E-state index is 0. The number of carboxylic acid groups (broad SMARTS) is 5. The van der Waals surface area contributed by atoms with Gasteiger partial charge in [-0.05, 0) is 57.8 Å². The van der Waals surface area contributed by atoms with Gasteiger partial charge >= 0.3 is 81.4 Å². The van der Waals surface area contributed by atoms with Crippen LogP contribution in [-0.2, 0) is 24.0 Å². The van der Waals surface area contributed by atoms with Crippen molar-refractivity contribution in [3.63, 3.8) is 0 Å². The number of unbranched alkanes of at least 4 members (excludes halogenated alkanes) is 70. The van der Waals surface area contributed by atoms with Crippen LogP contribution in [-0.4, -0.2) is 110 Å². The zero-order chi connectivity index (χ0) is 74.5. The van der Waals surface area contributed by atoms with E-state index in [0.717, 1.165) is 64.2 Å². The number of hydrogen-bond donors (Lipinski definition) is 1. The maximum absolute atomic E-state index is 10.3. The van der Waals surface area contributed by atoms with Crippen molar-refractivity contribution >= 4 is 105 Å². The Labute approximate surface area is 696 Å². The molecule has 102 heavy (non-hydrogen) atoms. The summed E-state index contributed by atoms with van der Waals surface area (Å²) in [6, 6.07) is 0. The topological polar surface area (TPSA) is 198 Å². The van der Waals surface area contributed by atoms with Gasteiger partial charge < -0.3 is 44.7 Å². The minimum Gasteiger partial charge on any atom is -0.550 e. The van der Waals surface area contributed by atoms with Gasteiger partial charge in [0.15, 0.2) is 0 Å². The predicted octanol–water partition coefficient (Wildman–Crippen LogP) is 25.6. The van der Waals surface area contributed by atoms with Crippen LogP contribution in [0.25, 0.3) is 0 Å². The summed E-state index contributed by atoms with van der Waals surface area (Å²) in [6.07, 6.45) is 99.6. The second kappa shape index (κ2) is 112. The molecular formula is C90H176Ca2O10.